The molecule has 0 unspecified atom stereocenters. The first kappa shape index (κ1) is 11.2. The Kier molecular flexibility index (Phi) is 4.10. The quantitative estimate of drug-likeness (QED) is 0.845. The summed E-state index contributed by atoms with van der Waals surface area (Å²) >= 11 is 3.31. The molecule has 1 N–H and O–H groups in total. The van der Waals surface area contributed by atoms with Crippen LogP contribution in [0.1, 0.15) is 22.8 Å². The number of nitrogens with one attached hydrogen (secondary N) is 1. The molecule has 0 aliphatic heterocycles. The van der Waals surface area contributed by atoms with Crippen molar-refractivity contribution in [2.75, 3.05) is 6.61 Å². The van der Waals surface area contributed by atoms with Crippen LogP contribution in [0.2, 0.25) is 0 Å². The van der Waals surface area contributed by atoms with Gasteiger partial charge in [-0.15, -0.1) is 0 Å². The third kappa shape index (κ3) is 2.82. The van der Waals surface area contributed by atoms with E-state index in [0.717, 1.165) is 10.0 Å². The SMILES string of the molecule is CCONC(=O)c1cc(C)ccc1Br. The van der Waals surface area contributed by atoms with E-state index in [1.165, 1.54) is 0 Å². The van der Waals surface area contributed by atoms with Gasteiger partial charge in [0.1, 0.15) is 0 Å². The van der Waals surface area contributed by atoms with Crippen molar-refractivity contribution in [2.45, 2.75) is 13.8 Å². The molecule has 0 bridgehead atoms. The number of aryl methyl sites for hydroxylation is 1. The van der Waals surface area contributed by atoms with Crippen molar-refractivity contribution in [3.63, 3.8) is 0 Å². The highest BCUT2D eigenvalue weighted by molar-refractivity contribution is 9.10. The number of benzene rings is 1. The molecule has 0 radical (unpaired) electrons. The molecule has 0 fully saturated rings. The van der Waals surface area contributed by atoms with Crippen LogP contribution in [0.4, 0.5) is 0 Å². The first-order chi connectivity index (χ1) is 6.65. The maximum Gasteiger partial charge on any atom is 0.275 e. The number of hydrogen-bond donors (Lipinski definition) is 1. The van der Waals surface area contributed by atoms with Crippen molar-refractivity contribution in [3.8, 4) is 0 Å². The molecule has 0 aliphatic carbocycles. The summed E-state index contributed by atoms with van der Waals surface area (Å²) in [5.41, 5.74) is 3.97. The Morgan fingerprint density at radius 1 is 1.57 bits per heavy atom. The van der Waals surface area contributed by atoms with Crippen LogP contribution in [0.5, 0.6) is 0 Å². The molecule has 0 atom stereocenters. The van der Waals surface area contributed by atoms with Gasteiger partial charge in [-0.3, -0.25) is 9.63 Å². The van der Waals surface area contributed by atoms with Gasteiger partial charge in [0, 0.05) is 4.47 Å². The van der Waals surface area contributed by atoms with E-state index >= 15 is 0 Å². The number of halogens is 1. The summed E-state index contributed by atoms with van der Waals surface area (Å²) in [5.74, 6) is -0.234. The van der Waals surface area contributed by atoms with Gasteiger partial charge in [-0.25, -0.2) is 5.48 Å². The zero-order valence-corrected chi connectivity index (χ0v) is 9.72. The summed E-state index contributed by atoms with van der Waals surface area (Å²) in [7, 11) is 0. The minimum atomic E-state index is -0.234. The van der Waals surface area contributed by atoms with E-state index in [1.54, 1.807) is 6.07 Å². The van der Waals surface area contributed by atoms with E-state index in [1.807, 2.05) is 26.0 Å². The molecule has 0 saturated heterocycles. The van der Waals surface area contributed by atoms with Crippen LogP contribution in [-0.2, 0) is 4.84 Å². The lowest BCUT2D eigenvalue weighted by molar-refractivity contribution is 0.0364. The Hall–Kier alpha value is -0.870. The first-order valence-electron chi connectivity index (χ1n) is 4.33. The van der Waals surface area contributed by atoms with Gasteiger partial charge in [-0.1, -0.05) is 11.6 Å². The summed E-state index contributed by atoms with van der Waals surface area (Å²) in [4.78, 5) is 16.3. The van der Waals surface area contributed by atoms with Crippen LogP contribution in [0, 0.1) is 6.92 Å². The molecule has 1 aromatic rings. The normalized spacial score (nSPS) is 9.93. The van der Waals surface area contributed by atoms with Gasteiger partial charge in [-0.2, -0.15) is 0 Å². The van der Waals surface area contributed by atoms with E-state index in [-0.39, 0.29) is 5.91 Å². The van der Waals surface area contributed by atoms with Gasteiger partial charge < -0.3 is 0 Å². The number of hydrogen-bond acceptors (Lipinski definition) is 2. The van der Waals surface area contributed by atoms with Crippen molar-refractivity contribution in [1.82, 2.24) is 5.48 Å². The Morgan fingerprint density at radius 2 is 2.29 bits per heavy atom. The molecule has 4 heteroatoms. The highest BCUT2D eigenvalue weighted by Crippen LogP contribution is 2.17. The van der Waals surface area contributed by atoms with Crippen molar-refractivity contribution in [3.05, 3.63) is 33.8 Å². The van der Waals surface area contributed by atoms with E-state index in [0.29, 0.717) is 12.2 Å². The topological polar surface area (TPSA) is 38.3 Å². The van der Waals surface area contributed by atoms with Gasteiger partial charge in [0.15, 0.2) is 0 Å². The summed E-state index contributed by atoms with van der Waals surface area (Å²) < 4.78 is 0.764. The average Bonchev–Trinajstić information content (AvgIpc) is 2.18. The highest BCUT2D eigenvalue weighted by Gasteiger charge is 2.09. The van der Waals surface area contributed by atoms with Crippen LogP contribution in [-0.4, -0.2) is 12.5 Å². The Balaban J connectivity index is 2.83. The van der Waals surface area contributed by atoms with E-state index < -0.39 is 0 Å². The second kappa shape index (κ2) is 5.12. The van der Waals surface area contributed by atoms with Crippen LogP contribution in [0.3, 0.4) is 0 Å². The Morgan fingerprint density at radius 3 is 2.93 bits per heavy atom. The maximum absolute atomic E-state index is 11.5. The second-order valence-electron chi connectivity index (χ2n) is 2.85. The number of hydroxylamine groups is 1. The van der Waals surface area contributed by atoms with Gasteiger partial charge in [0.25, 0.3) is 5.91 Å². The lowest BCUT2D eigenvalue weighted by Gasteiger charge is -2.06. The van der Waals surface area contributed by atoms with E-state index in [9.17, 15) is 4.79 Å². The first-order valence-corrected chi connectivity index (χ1v) is 5.12. The molecule has 1 aromatic carbocycles. The van der Waals surface area contributed by atoms with Crippen molar-refractivity contribution < 1.29 is 9.63 Å². The predicted octanol–water partition coefficient (Wildman–Crippen LogP) is 2.44. The summed E-state index contributed by atoms with van der Waals surface area (Å²) in [6.07, 6.45) is 0. The van der Waals surface area contributed by atoms with Gasteiger partial charge in [-0.05, 0) is 41.9 Å². The average molecular weight is 258 g/mol. The Labute approximate surface area is 91.5 Å². The number of amides is 1. The van der Waals surface area contributed by atoms with Crippen LogP contribution in [0.25, 0.3) is 0 Å². The number of carbonyl (C=O) groups is 1. The molecule has 0 saturated carbocycles. The fourth-order valence-corrected chi connectivity index (χ4v) is 1.43. The van der Waals surface area contributed by atoms with Gasteiger partial charge in [0.2, 0.25) is 0 Å². The predicted molar refractivity (Wildman–Crippen MR) is 58.0 cm³/mol. The van der Waals surface area contributed by atoms with Crippen molar-refractivity contribution in [1.29, 1.82) is 0 Å². The van der Waals surface area contributed by atoms with Crippen molar-refractivity contribution >= 4 is 21.8 Å². The molecular formula is C10H12BrNO2. The molecular weight excluding hydrogens is 246 g/mol. The zero-order valence-electron chi connectivity index (χ0n) is 8.13. The van der Waals surface area contributed by atoms with Gasteiger partial charge in [0.05, 0.1) is 12.2 Å². The maximum atomic E-state index is 11.5. The fraction of sp³-hybridized carbons (Fsp3) is 0.300. The summed E-state index contributed by atoms with van der Waals surface area (Å²) in [5, 5.41) is 0. The monoisotopic (exact) mass is 257 g/mol. The number of rotatable bonds is 3. The molecule has 1 amide bonds. The van der Waals surface area contributed by atoms with Crippen LogP contribution in [0.15, 0.2) is 22.7 Å². The van der Waals surface area contributed by atoms with Crippen LogP contribution >= 0.6 is 15.9 Å². The molecule has 0 aromatic heterocycles. The molecule has 1 rings (SSSR count). The third-order valence-corrected chi connectivity index (χ3v) is 2.37. The molecule has 3 nitrogen and oxygen atoms in total. The van der Waals surface area contributed by atoms with Crippen molar-refractivity contribution in [2.24, 2.45) is 0 Å². The lowest BCUT2D eigenvalue weighted by atomic mass is 10.1. The zero-order chi connectivity index (χ0) is 10.6. The fourth-order valence-electron chi connectivity index (χ4n) is 1.01. The minimum Gasteiger partial charge on any atom is -0.274 e. The summed E-state index contributed by atoms with van der Waals surface area (Å²) in [6.45, 7) is 4.20. The molecule has 14 heavy (non-hydrogen) atoms. The standard InChI is InChI=1S/C10H12BrNO2/c1-3-14-12-10(13)8-6-7(2)4-5-9(8)11/h4-6H,3H2,1-2H3,(H,12,13). The molecule has 76 valence electrons. The Bertz CT molecular complexity index is 339. The van der Waals surface area contributed by atoms with Crippen LogP contribution < -0.4 is 5.48 Å². The van der Waals surface area contributed by atoms with E-state index in [4.69, 9.17) is 4.84 Å². The smallest absolute Gasteiger partial charge is 0.274 e. The third-order valence-electron chi connectivity index (χ3n) is 1.68. The largest absolute Gasteiger partial charge is 0.275 e. The second-order valence-corrected chi connectivity index (χ2v) is 3.70. The minimum absolute atomic E-state index is 0.234. The molecule has 0 aliphatic rings. The lowest BCUT2D eigenvalue weighted by Crippen LogP contribution is -2.24. The molecule has 0 spiro atoms. The summed E-state index contributed by atoms with van der Waals surface area (Å²) in [6, 6.07) is 5.58. The molecule has 0 heterocycles. The highest BCUT2D eigenvalue weighted by atomic mass is 79.9. The van der Waals surface area contributed by atoms with Gasteiger partial charge >= 0.3 is 0 Å². The number of carbonyl (C=O) groups excluding carboxylic acids is 1. The van der Waals surface area contributed by atoms with E-state index in [2.05, 4.69) is 21.4 Å².